The molecular formula is C25H30N4O6S. The number of anilines is 1. The number of pyridine rings is 2. The molecule has 0 radical (unpaired) electrons. The van der Waals surface area contributed by atoms with E-state index in [-0.39, 0.29) is 11.7 Å². The molecule has 2 aliphatic rings. The Bertz CT molecular complexity index is 1400. The van der Waals surface area contributed by atoms with Gasteiger partial charge in [-0.3, -0.25) is 0 Å². The van der Waals surface area contributed by atoms with Crippen LogP contribution in [0.1, 0.15) is 42.2 Å². The molecule has 0 saturated carbocycles. The van der Waals surface area contributed by atoms with Gasteiger partial charge in [0.2, 0.25) is 0 Å². The van der Waals surface area contributed by atoms with Crippen LogP contribution in [0.15, 0.2) is 30.3 Å². The number of hydrogen-bond donors (Lipinski definition) is 2. The second kappa shape index (κ2) is 9.45. The van der Waals surface area contributed by atoms with E-state index in [2.05, 4.69) is 21.8 Å². The number of H-pyrrole nitrogens is 1. The first-order valence-electron chi connectivity index (χ1n) is 12.1. The number of morpholine rings is 1. The van der Waals surface area contributed by atoms with Crippen LogP contribution in [0.5, 0.6) is 0 Å². The highest BCUT2D eigenvalue weighted by molar-refractivity contribution is 7.91. The summed E-state index contributed by atoms with van der Waals surface area (Å²) in [5.41, 5.74) is 2.91. The van der Waals surface area contributed by atoms with Gasteiger partial charge in [0.15, 0.2) is 9.84 Å². The molecule has 10 nitrogen and oxygen atoms in total. The van der Waals surface area contributed by atoms with E-state index >= 15 is 0 Å². The summed E-state index contributed by atoms with van der Waals surface area (Å²) >= 11 is 0. The first-order chi connectivity index (χ1) is 17.2. The van der Waals surface area contributed by atoms with Gasteiger partial charge in [0.1, 0.15) is 16.3 Å². The van der Waals surface area contributed by atoms with Gasteiger partial charge in [-0.1, -0.05) is 6.92 Å². The van der Waals surface area contributed by atoms with Gasteiger partial charge in [-0.05, 0) is 55.2 Å². The molecule has 2 saturated heterocycles. The van der Waals surface area contributed by atoms with Crippen LogP contribution in [0.2, 0.25) is 0 Å². The molecule has 36 heavy (non-hydrogen) atoms. The topological polar surface area (TPSA) is 135 Å². The van der Waals surface area contributed by atoms with Gasteiger partial charge >= 0.3 is 5.97 Å². The summed E-state index contributed by atoms with van der Waals surface area (Å²) in [5.74, 6) is -0.376. The van der Waals surface area contributed by atoms with E-state index in [4.69, 9.17) is 14.5 Å². The molecule has 192 valence electrons. The molecule has 0 amide bonds. The Morgan fingerprint density at radius 1 is 1.14 bits per heavy atom. The monoisotopic (exact) mass is 514 g/mol. The lowest BCUT2D eigenvalue weighted by Gasteiger charge is -2.39. The van der Waals surface area contributed by atoms with E-state index in [1.165, 1.54) is 12.3 Å². The van der Waals surface area contributed by atoms with Gasteiger partial charge in [0.25, 0.3) is 0 Å². The summed E-state index contributed by atoms with van der Waals surface area (Å²) in [7, 11) is -3.49. The third-order valence-corrected chi connectivity index (χ3v) is 9.37. The van der Waals surface area contributed by atoms with Crippen LogP contribution in [0.3, 0.4) is 0 Å². The predicted molar refractivity (Wildman–Crippen MR) is 135 cm³/mol. The van der Waals surface area contributed by atoms with Crippen LogP contribution in [0.25, 0.3) is 22.4 Å². The number of aromatic carboxylic acids is 1. The van der Waals surface area contributed by atoms with Crippen molar-refractivity contribution in [3.8, 4) is 11.4 Å². The second-order valence-electron chi connectivity index (χ2n) is 9.43. The van der Waals surface area contributed by atoms with Gasteiger partial charge < -0.3 is 24.5 Å². The Kier molecular flexibility index (Phi) is 6.48. The number of fused-ring (bicyclic) bond motifs is 1. The molecule has 1 atom stereocenters. The van der Waals surface area contributed by atoms with Crippen molar-refractivity contribution in [2.24, 2.45) is 0 Å². The molecule has 3 aromatic rings. The Hall–Kier alpha value is -3.02. The number of carboxylic acid groups (broad SMARTS) is 1. The Balaban J connectivity index is 1.69. The SMILES string of the molecule is CCC1COCCN1c1cc(C2(S(C)(=O)=O)CCOCC2)cc(-c2ccc3[nH]c(C(=O)O)cc3n2)n1. The molecule has 5 rings (SSSR count). The van der Waals surface area contributed by atoms with Crippen molar-refractivity contribution in [2.45, 2.75) is 37.0 Å². The van der Waals surface area contributed by atoms with Gasteiger partial charge in [0, 0.05) is 26.0 Å². The number of nitrogens with zero attached hydrogens (tertiary/aromatic N) is 3. The summed E-state index contributed by atoms with van der Waals surface area (Å²) in [6.07, 6.45) is 2.87. The number of aromatic nitrogens is 3. The normalized spacial score (nSPS) is 20.5. The van der Waals surface area contributed by atoms with E-state index in [9.17, 15) is 18.3 Å². The number of carboxylic acids is 1. The molecular weight excluding hydrogens is 484 g/mol. The zero-order valence-electron chi connectivity index (χ0n) is 20.4. The number of rotatable bonds is 6. The first-order valence-corrected chi connectivity index (χ1v) is 14.0. The molecule has 0 aromatic carbocycles. The van der Waals surface area contributed by atoms with Crippen LogP contribution in [0, 0.1) is 0 Å². The molecule has 2 fully saturated rings. The number of carbonyl (C=O) groups is 1. The van der Waals surface area contributed by atoms with Crippen LogP contribution < -0.4 is 4.90 Å². The van der Waals surface area contributed by atoms with Gasteiger partial charge in [0.05, 0.1) is 41.7 Å². The largest absolute Gasteiger partial charge is 0.477 e. The molecule has 2 aliphatic heterocycles. The van der Waals surface area contributed by atoms with Crippen molar-refractivity contribution in [1.29, 1.82) is 0 Å². The predicted octanol–water partition coefficient (Wildman–Crippen LogP) is 2.99. The summed E-state index contributed by atoms with van der Waals surface area (Å²) in [6.45, 7) is 4.61. The maximum absolute atomic E-state index is 13.2. The summed E-state index contributed by atoms with van der Waals surface area (Å²) in [6, 6.07) is 8.86. The summed E-state index contributed by atoms with van der Waals surface area (Å²) < 4.78 is 36.6. The van der Waals surface area contributed by atoms with Gasteiger partial charge in [-0.15, -0.1) is 0 Å². The van der Waals surface area contributed by atoms with Crippen molar-refractivity contribution >= 4 is 32.7 Å². The van der Waals surface area contributed by atoms with E-state index in [0.29, 0.717) is 79.6 Å². The van der Waals surface area contributed by atoms with Crippen LogP contribution in [-0.2, 0) is 24.1 Å². The number of hydrogen-bond acceptors (Lipinski definition) is 8. The standard InChI is InChI=1S/C25H30N4O6S/c1-3-17-15-35-11-8-29(17)23-13-16(25(36(2,32)33)6-9-34-10-7-25)12-20(28-23)18-4-5-19-21(26-18)14-22(27-19)24(30)31/h4-5,12-14,17,27H,3,6-11,15H2,1-2H3,(H,30,31). The second-order valence-corrected chi connectivity index (χ2v) is 11.8. The summed E-state index contributed by atoms with van der Waals surface area (Å²) in [5, 5.41) is 9.33. The van der Waals surface area contributed by atoms with Crippen LogP contribution in [-0.4, -0.2) is 79.7 Å². The zero-order valence-corrected chi connectivity index (χ0v) is 21.2. The number of aromatic amines is 1. The Labute approximate surface area is 209 Å². The molecule has 1 unspecified atom stereocenters. The minimum atomic E-state index is -3.49. The third kappa shape index (κ3) is 4.35. The molecule has 5 heterocycles. The molecule has 3 aromatic heterocycles. The fourth-order valence-electron chi connectivity index (χ4n) is 5.19. The molecule has 0 bridgehead atoms. The smallest absolute Gasteiger partial charge is 0.352 e. The van der Waals surface area contributed by atoms with Crippen LogP contribution in [0.4, 0.5) is 5.82 Å². The third-order valence-electron chi connectivity index (χ3n) is 7.31. The average Bonchev–Trinajstić information content (AvgIpc) is 3.32. The maximum atomic E-state index is 13.2. The summed E-state index contributed by atoms with van der Waals surface area (Å²) in [4.78, 5) is 26.0. The van der Waals surface area contributed by atoms with E-state index < -0.39 is 20.6 Å². The van der Waals surface area contributed by atoms with Crippen molar-refractivity contribution in [3.05, 3.63) is 41.6 Å². The lowest BCUT2D eigenvalue weighted by molar-refractivity contribution is 0.0691. The fourth-order valence-corrected chi connectivity index (χ4v) is 6.65. The minimum absolute atomic E-state index is 0.0504. The average molecular weight is 515 g/mol. The molecule has 11 heteroatoms. The van der Waals surface area contributed by atoms with E-state index in [0.717, 1.165) is 6.42 Å². The highest BCUT2D eigenvalue weighted by Gasteiger charge is 2.44. The van der Waals surface area contributed by atoms with Crippen LogP contribution >= 0.6 is 0 Å². The Morgan fingerprint density at radius 3 is 2.61 bits per heavy atom. The zero-order chi connectivity index (χ0) is 25.5. The highest BCUT2D eigenvalue weighted by Crippen LogP contribution is 2.42. The van der Waals surface area contributed by atoms with Crippen molar-refractivity contribution in [1.82, 2.24) is 15.0 Å². The van der Waals surface area contributed by atoms with Gasteiger partial charge in [-0.25, -0.2) is 23.2 Å². The van der Waals surface area contributed by atoms with E-state index in [1.54, 1.807) is 12.1 Å². The van der Waals surface area contributed by atoms with E-state index in [1.807, 2.05) is 12.1 Å². The Morgan fingerprint density at radius 2 is 1.92 bits per heavy atom. The lowest BCUT2D eigenvalue weighted by Crippen LogP contribution is -2.46. The molecule has 0 aliphatic carbocycles. The maximum Gasteiger partial charge on any atom is 0.352 e. The quantitative estimate of drug-likeness (QED) is 0.509. The lowest BCUT2D eigenvalue weighted by atomic mass is 9.90. The number of sulfone groups is 1. The fraction of sp³-hybridized carbons (Fsp3) is 0.480. The van der Waals surface area contributed by atoms with Crippen molar-refractivity contribution in [3.63, 3.8) is 0 Å². The number of nitrogens with one attached hydrogen (secondary N) is 1. The minimum Gasteiger partial charge on any atom is -0.477 e. The van der Waals surface area contributed by atoms with Crippen molar-refractivity contribution in [2.75, 3.05) is 44.1 Å². The number of ether oxygens (including phenoxy) is 2. The van der Waals surface area contributed by atoms with Crippen molar-refractivity contribution < 1.29 is 27.8 Å². The van der Waals surface area contributed by atoms with Gasteiger partial charge in [-0.2, -0.15) is 0 Å². The first kappa shape index (κ1) is 24.7. The molecule has 2 N–H and O–H groups in total. The highest BCUT2D eigenvalue weighted by atomic mass is 32.2. The molecule has 0 spiro atoms.